The highest BCUT2D eigenvalue weighted by Gasteiger charge is 2.59. The van der Waals surface area contributed by atoms with Gasteiger partial charge in [0.1, 0.15) is 5.54 Å². The van der Waals surface area contributed by atoms with Gasteiger partial charge in [0.05, 0.1) is 11.7 Å². The van der Waals surface area contributed by atoms with E-state index in [1.807, 2.05) is 86.6 Å². The van der Waals surface area contributed by atoms with Gasteiger partial charge in [0.25, 0.3) is 5.91 Å². The van der Waals surface area contributed by atoms with Gasteiger partial charge >= 0.3 is 5.97 Å². The molecule has 0 spiro atoms. The average Bonchev–Trinajstić information content (AvgIpc) is 3.33. The lowest BCUT2D eigenvalue weighted by molar-refractivity contribution is -0.150. The maximum Gasteiger partial charge on any atom is 0.329 e. The molecule has 1 aliphatic rings. The van der Waals surface area contributed by atoms with E-state index in [4.69, 9.17) is 0 Å². The lowest BCUT2D eigenvalue weighted by Crippen LogP contribution is -2.54. The minimum absolute atomic E-state index is 0.0385. The molecule has 0 aliphatic carbocycles. The third-order valence-corrected chi connectivity index (χ3v) is 8.34. The van der Waals surface area contributed by atoms with Crippen molar-refractivity contribution in [1.29, 1.82) is 0 Å². The van der Waals surface area contributed by atoms with Gasteiger partial charge in [-0.2, -0.15) is 0 Å². The van der Waals surface area contributed by atoms with Crippen molar-refractivity contribution in [3.05, 3.63) is 120 Å². The van der Waals surface area contributed by atoms with Gasteiger partial charge in [-0.3, -0.25) is 14.8 Å². The van der Waals surface area contributed by atoms with Crippen LogP contribution in [-0.4, -0.2) is 37.4 Å². The quantitative estimate of drug-likeness (QED) is 0.250. The Balaban J connectivity index is 1.72. The number of carboxylic acid groups (broad SMARTS) is 1. The van der Waals surface area contributed by atoms with E-state index in [2.05, 4.69) is 36.8 Å². The third kappa shape index (κ3) is 5.58. The topological polar surface area (TPSA) is 83.4 Å². The molecule has 6 nitrogen and oxygen atoms in total. The number of carbonyl (C=O) groups is 2. The second-order valence-corrected chi connectivity index (χ2v) is 12.8. The van der Waals surface area contributed by atoms with Crippen LogP contribution in [0.3, 0.4) is 0 Å². The fourth-order valence-electron chi connectivity index (χ4n) is 6.41. The smallest absolute Gasteiger partial charge is 0.329 e. The zero-order chi connectivity index (χ0) is 30.1. The highest BCUT2D eigenvalue weighted by atomic mass is 16.4. The van der Waals surface area contributed by atoms with Crippen molar-refractivity contribution in [2.24, 2.45) is 5.92 Å². The van der Waals surface area contributed by atoms with Gasteiger partial charge in [-0.15, -0.1) is 0 Å². The molecule has 1 aliphatic heterocycles. The van der Waals surface area contributed by atoms with Crippen LogP contribution >= 0.6 is 0 Å². The Bertz CT molecular complexity index is 1550. The number of nitrogens with zero attached hydrogens (tertiary/aromatic N) is 3. The molecule has 0 bridgehead atoms. The normalized spacial score (nSPS) is 20.6. The Kier molecular flexibility index (Phi) is 8.00. The first kappa shape index (κ1) is 29.2. The van der Waals surface area contributed by atoms with Crippen LogP contribution in [0.1, 0.15) is 86.6 Å². The maximum absolute atomic E-state index is 14.7. The minimum Gasteiger partial charge on any atom is -0.479 e. The SMILES string of the molecule is CC(C)C[C@@]1(C(=O)O)C[C@H](c2cnccn2)[C@H](c2cccc(-c3ccccc3)c2)N1C(=O)c1ccc(C(C)(C)C)cc1. The number of aromatic nitrogens is 2. The third-order valence-electron chi connectivity index (χ3n) is 8.34. The number of carbonyl (C=O) groups excluding carboxylic acids is 1. The Morgan fingerprint density at radius 2 is 1.64 bits per heavy atom. The average molecular weight is 562 g/mol. The van der Waals surface area contributed by atoms with Crippen LogP contribution in [0.2, 0.25) is 0 Å². The van der Waals surface area contributed by atoms with Crippen molar-refractivity contribution in [2.75, 3.05) is 0 Å². The minimum atomic E-state index is -1.43. The summed E-state index contributed by atoms with van der Waals surface area (Å²) in [4.78, 5) is 38.7. The molecule has 5 rings (SSSR count). The summed E-state index contributed by atoms with van der Waals surface area (Å²) in [6.45, 7) is 10.4. The summed E-state index contributed by atoms with van der Waals surface area (Å²) in [6.07, 6.45) is 5.51. The van der Waals surface area contributed by atoms with E-state index < -0.39 is 17.6 Å². The summed E-state index contributed by atoms with van der Waals surface area (Å²) in [6, 6.07) is 25.2. The maximum atomic E-state index is 14.7. The van der Waals surface area contributed by atoms with Gasteiger partial charge < -0.3 is 10.0 Å². The summed E-state index contributed by atoms with van der Waals surface area (Å²) in [7, 11) is 0. The summed E-state index contributed by atoms with van der Waals surface area (Å²) >= 11 is 0. The molecular formula is C36H39N3O3. The van der Waals surface area contributed by atoms with Crippen molar-refractivity contribution in [2.45, 2.75) is 70.4 Å². The summed E-state index contributed by atoms with van der Waals surface area (Å²) in [5.74, 6) is -1.61. The van der Waals surface area contributed by atoms with Crippen molar-refractivity contribution >= 4 is 11.9 Å². The molecular weight excluding hydrogens is 522 g/mol. The Hall–Kier alpha value is -4.32. The van der Waals surface area contributed by atoms with E-state index >= 15 is 0 Å². The lowest BCUT2D eigenvalue weighted by Gasteiger charge is -2.39. The highest BCUT2D eigenvalue weighted by Crippen LogP contribution is 2.54. The van der Waals surface area contributed by atoms with Crippen molar-refractivity contribution in [3.63, 3.8) is 0 Å². The molecule has 1 N–H and O–H groups in total. The molecule has 1 amide bonds. The zero-order valence-corrected chi connectivity index (χ0v) is 25.0. The van der Waals surface area contributed by atoms with Crippen LogP contribution in [0.4, 0.5) is 0 Å². The molecule has 6 heteroatoms. The summed E-state index contributed by atoms with van der Waals surface area (Å²) in [5, 5.41) is 11.0. The van der Waals surface area contributed by atoms with Gasteiger partial charge in [0.15, 0.2) is 0 Å². The van der Waals surface area contributed by atoms with Crippen LogP contribution < -0.4 is 0 Å². The molecule has 4 aromatic rings. The largest absolute Gasteiger partial charge is 0.479 e. The van der Waals surface area contributed by atoms with Crippen LogP contribution in [0.25, 0.3) is 11.1 Å². The Morgan fingerprint density at radius 1 is 0.952 bits per heavy atom. The molecule has 2 heterocycles. The molecule has 3 atom stereocenters. The van der Waals surface area contributed by atoms with Crippen LogP contribution in [0.15, 0.2) is 97.5 Å². The molecule has 42 heavy (non-hydrogen) atoms. The number of hydrogen-bond acceptors (Lipinski definition) is 4. The second kappa shape index (κ2) is 11.5. The van der Waals surface area contributed by atoms with Crippen LogP contribution in [0, 0.1) is 5.92 Å². The van der Waals surface area contributed by atoms with Crippen molar-refractivity contribution in [1.82, 2.24) is 14.9 Å². The van der Waals surface area contributed by atoms with E-state index in [-0.39, 0.29) is 29.6 Å². The number of hydrogen-bond donors (Lipinski definition) is 1. The fraction of sp³-hybridized carbons (Fsp3) is 0.333. The van der Waals surface area contributed by atoms with E-state index in [1.54, 1.807) is 23.5 Å². The summed E-state index contributed by atoms with van der Waals surface area (Å²) in [5.41, 5.74) is 3.69. The van der Waals surface area contributed by atoms with E-state index in [9.17, 15) is 14.7 Å². The standard InChI is InChI=1S/C36H39N3O3/c1-24(2)21-36(34(41)42)22-30(31-23-37-18-19-38-31)32(28-13-9-12-27(20-28)25-10-7-6-8-11-25)39(36)33(40)26-14-16-29(17-15-26)35(3,4)5/h6-20,23-24,30,32H,21-22H2,1-5H3,(H,41,42)/t30-,32+,36+/m1/s1. The first-order valence-electron chi connectivity index (χ1n) is 14.6. The van der Waals surface area contributed by atoms with Crippen LogP contribution in [-0.2, 0) is 10.2 Å². The van der Waals surface area contributed by atoms with Gasteiger partial charge in [0.2, 0.25) is 0 Å². The van der Waals surface area contributed by atoms with Crippen molar-refractivity contribution < 1.29 is 14.7 Å². The van der Waals surface area contributed by atoms with E-state index in [0.717, 1.165) is 22.3 Å². The molecule has 0 saturated carbocycles. The molecule has 1 fully saturated rings. The highest BCUT2D eigenvalue weighted by molar-refractivity contribution is 5.99. The molecule has 1 aromatic heterocycles. The Morgan fingerprint density at radius 3 is 2.24 bits per heavy atom. The predicted octanol–water partition coefficient (Wildman–Crippen LogP) is 7.68. The molecule has 3 aromatic carbocycles. The van der Waals surface area contributed by atoms with Gasteiger partial charge in [-0.05, 0) is 64.6 Å². The molecule has 0 radical (unpaired) electrons. The first-order chi connectivity index (χ1) is 20.0. The molecule has 1 saturated heterocycles. The van der Waals surface area contributed by atoms with Gasteiger partial charge in [0, 0.05) is 30.1 Å². The Labute approximate surface area is 248 Å². The molecule has 216 valence electrons. The number of amides is 1. The number of rotatable bonds is 7. The second-order valence-electron chi connectivity index (χ2n) is 12.8. The molecule has 0 unspecified atom stereocenters. The number of likely N-dealkylation sites (tertiary alicyclic amines) is 1. The number of benzene rings is 3. The van der Waals surface area contributed by atoms with Crippen molar-refractivity contribution in [3.8, 4) is 11.1 Å². The van der Waals surface area contributed by atoms with Crippen LogP contribution in [0.5, 0.6) is 0 Å². The van der Waals surface area contributed by atoms with Gasteiger partial charge in [-0.1, -0.05) is 95.3 Å². The van der Waals surface area contributed by atoms with E-state index in [0.29, 0.717) is 17.7 Å². The number of carboxylic acids is 1. The number of aliphatic carboxylic acids is 1. The lowest BCUT2D eigenvalue weighted by atomic mass is 9.82. The zero-order valence-electron chi connectivity index (χ0n) is 25.0. The predicted molar refractivity (Wildman–Crippen MR) is 165 cm³/mol. The fourth-order valence-corrected chi connectivity index (χ4v) is 6.41. The first-order valence-corrected chi connectivity index (χ1v) is 14.6. The van der Waals surface area contributed by atoms with Gasteiger partial charge in [-0.25, -0.2) is 4.79 Å². The summed E-state index contributed by atoms with van der Waals surface area (Å²) < 4.78 is 0. The van der Waals surface area contributed by atoms with E-state index in [1.165, 1.54) is 0 Å². The monoisotopic (exact) mass is 561 g/mol.